The summed E-state index contributed by atoms with van der Waals surface area (Å²) in [4.78, 5) is 0. The highest BCUT2D eigenvalue weighted by atomic mass is 35.5. The minimum absolute atomic E-state index is 0.221. The molecule has 0 aliphatic rings. The van der Waals surface area contributed by atoms with Crippen molar-refractivity contribution in [3.8, 4) is 5.75 Å². The molecule has 0 amide bonds. The van der Waals surface area contributed by atoms with Crippen molar-refractivity contribution in [2.45, 2.75) is 12.8 Å². The highest BCUT2D eigenvalue weighted by Gasteiger charge is 1.93. The van der Waals surface area contributed by atoms with E-state index in [0.717, 1.165) is 18.6 Å². The van der Waals surface area contributed by atoms with Gasteiger partial charge in [0, 0.05) is 11.6 Å². The van der Waals surface area contributed by atoms with E-state index in [-0.39, 0.29) is 6.61 Å². The Bertz CT molecular complexity index is 250. The molecule has 0 aliphatic heterocycles. The van der Waals surface area contributed by atoms with Crippen LogP contribution in [0.15, 0.2) is 24.3 Å². The lowest BCUT2D eigenvalue weighted by Gasteiger charge is -2.04. The van der Waals surface area contributed by atoms with Crippen LogP contribution < -0.4 is 4.74 Å². The molecule has 0 bridgehead atoms. The van der Waals surface area contributed by atoms with E-state index < -0.39 is 0 Å². The first-order valence-corrected chi connectivity index (χ1v) is 4.70. The molecular formula is C10H13ClO2. The maximum atomic E-state index is 8.53. The molecule has 0 saturated carbocycles. The van der Waals surface area contributed by atoms with Gasteiger partial charge in [0.25, 0.3) is 0 Å². The standard InChI is InChI=1S/C10H13ClO2/c11-9-4-3-5-10(8-9)13-7-2-1-6-12/h3-5,8,12H,1-2,6-7H2. The predicted molar refractivity (Wildman–Crippen MR) is 53.3 cm³/mol. The van der Waals surface area contributed by atoms with E-state index >= 15 is 0 Å². The summed E-state index contributed by atoms with van der Waals surface area (Å²) in [6.07, 6.45) is 1.64. The van der Waals surface area contributed by atoms with Crippen LogP contribution in [0, 0.1) is 0 Å². The Hall–Kier alpha value is -0.730. The smallest absolute Gasteiger partial charge is 0.120 e. The minimum Gasteiger partial charge on any atom is -0.494 e. The van der Waals surface area contributed by atoms with Gasteiger partial charge in [-0.05, 0) is 31.0 Å². The van der Waals surface area contributed by atoms with Crippen LogP contribution in [-0.2, 0) is 0 Å². The molecule has 0 fully saturated rings. The molecule has 0 aromatic heterocycles. The molecular weight excluding hydrogens is 188 g/mol. The summed E-state index contributed by atoms with van der Waals surface area (Å²) in [5.41, 5.74) is 0. The first kappa shape index (κ1) is 10.4. The van der Waals surface area contributed by atoms with Crippen molar-refractivity contribution in [2.24, 2.45) is 0 Å². The highest BCUT2D eigenvalue weighted by molar-refractivity contribution is 6.30. The van der Waals surface area contributed by atoms with E-state index in [1.54, 1.807) is 6.07 Å². The number of aliphatic hydroxyl groups excluding tert-OH is 1. The number of hydrogen-bond donors (Lipinski definition) is 1. The Morgan fingerprint density at radius 3 is 2.85 bits per heavy atom. The molecule has 0 saturated heterocycles. The van der Waals surface area contributed by atoms with E-state index in [9.17, 15) is 0 Å². The van der Waals surface area contributed by atoms with Crippen molar-refractivity contribution in [3.63, 3.8) is 0 Å². The van der Waals surface area contributed by atoms with Crippen LogP contribution in [0.5, 0.6) is 5.75 Å². The molecule has 0 aliphatic carbocycles. The van der Waals surface area contributed by atoms with E-state index in [1.807, 2.05) is 18.2 Å². The molecule has 0 radical (unpaired) electrons. The SMILES string of the molecule is OCCCCOc1cccc(Cl)c1. The van der Waals surface area contributed by atoms with Crippen LogP contribution in [0.1, 0.15) is 12.8 Å². The van der Waals surface area contributed by atoms with Crippen molar-refractivity contribution in [2.75, 3.05) is 13.2 Å². The Morgan fingerprint density at radius 1 is 1.31 bits per heavy atom. The van der Waals surface area contributed by atoms with Gasteiger partial charge in [0.05, 0.1) is 6.61 Å². The third-order valence-electron chi connectivity index (χ3n) is 1.62. The van der Waals surface area contributed by atoms with Crippen LogP contribution in [0.3, 0.4) is 0 Å². The molecule has 1 aromatic carbocycles. The minimum atomic E-state index is 0.221. The number of rotatable bonds is 5. The molecule has 1 aromatic rings. The van der Waals surface area contributed by atoms with Gasteiger partial charge < -0.3 is 9.84 Å². The molecule has 3 heteroatoms. The van der Waals surface area contributed by atoms with E-state index in [1.165, 1.54) is 0 Å². The van der Waals surface area contributed by atoms with Gasteiger partial charge in [-0.3, -0.25) is 0 Å². The van der Waals surface area contributed by atoms with Crippen LogP contribution in [-0.4, -0.2) is 18.3 Å². The predicted octanol–water partition coefficient (Wildman–Crippen LogP) is 2.49. The second kappa shape index (κ2) is 5.84. The summed E-state index contributed by atoms with van der Waals surface area (Å²) >= 11 is 5.76. The first-order chi connectivity index (χ1) is 6.33. The molecule has 2 nitrogen and oxygen atoms in total. The van der Waals surface area contributed by atoms with Crippen molar-refractivity contribution in [1.82, 2.24) is 0 Å². The van der Waals surface area contributed by atoms with E-state index in [4.69, 9.17) is 21.4 Å². The Kier molecular flexibility index (Phi) is 4.65. The maximum Gasteiger partial charge on any atom is 0.120 e. The molecule has 0 heterocycles. The van der Waals surface area contributed by atoms with Crippen molar-refractivity contribution in [3.05, 3.63) is 29.3 Å². The van der Waals surface area contributed by atoms with Gasteiger partial charge in [-0.2, -0.15) is 0 Å². The van der Waals surface area contributed by atoms with Crippen LogP contribution in [0.2, 0.25) is 5.02 Å². The Balaban J connectivity index is 2.28. The highest BCUT2D eigenvalue weighted by Crippen LogP contribution is 2.17. The van der Waals surface area contributed by atoms with Gasteiger partial charge in [0.1, 0.15) is 5.75 Å². The van der Waals surface area contributed by atoms with Gasteiger partial charge in [0.2, 0.25) is 0 Å². The van der Waals surface area contributed by atoms with Crippen molar-refractivity contribution < 1.29 is 9.84 Å². The zero-order chi connectivity index (χ0) is 9.52. The normalized spacial score (nSPS) is 10.0. The summed E-state index contributed by atoms with van der Waals surface area (Å²) < 4.78 is 5.39. The lowest BCUT2D eigenvalue weighted by Crippen LogP contribution is -1.98. The quantitative estimate of drug-likeness (QED) is 0.741. The largest absolute Gasteiger partial charge is 0.494 e. The summed E-state index contributed by atoms with van der Waals surface area (Å²) in [6.45, 7) is 0.847. The first-order valence-electron chi connectivity index (χ1n) is 4.32. The van der Waals surface area contributed by atoms with E-state index in [2.05, 4.69) is 0 Å². The lowest BCUT2D eigenvalue weighted by molar-refractivity contribution is 0.253. The summed E-state index contributed by atoms with van der Waals surface area (Å²) in [5.74, 6) is 0.783. The fraction of sp³-hybridized carbons (Fsp3) is 0.400. The zero-order valence-electron chi connectivity index (χ0n) is 7.37. The molecule has 0 atom stereocenters. The second-order valence-corrected chi connectivity index (χ2v) is 3.17. The molecule has 0 unspecified atom stereocenters. The summed E-state index contributed by atoms with van der Waals surface area (Å²) in [6, 6.07) is 7.30. The van der Waals surface area contributed by atoms with E-state index in [0.29, 0.717) is 11.6 Å². The number of hydrogen-bond acceptors (Lipinski definition) is 2. The third kappa shape index (κ3) is 4.15. The molecule has 1 N–H and O–H groups in total. The number of halogens is 1. The number of aliphatic hydroxyl groups is 1. The number of unbranched alkanes of at least 4 members (excludes halogenated alkanes) is 1. The average Bonchev–Trinajstić information content (AvgIpc) is 2.13. The summed E-state index contributed by atoms with van der Waals surface area (Å²) in [7, 11) is 0. The van der Waals surface area contributed by atoms with Gasteiger partial charge in [-0.15, -0.1) is 0 Å². The van der Waals surface area contributed by atoms with Crippen LogP contribution in [0.4, 0.5) is 0 Å². The van der Waals surface area contributed by atoms with Crippen molar-refractivity contribution >= 4 is 11.6 Å². The molecule has 0 spiro atoms. The van der Waals surface area contributed by atoms with Gasteiger partial charge in [0.15, 0.2) is 0 Å². The fourth-order valence-electron chi connectivity index (χ4n) is 0.961. The Morgan fingerprint density at radius 2 is 2.15 bits per heavy atom. The number of ether oxygens (including phenoxy) is 1. The fourth-order valence-corrected chi connectivity index (χ4v) is 1.14. The molecule has 72 valence electrons. The van der Waals surface area contributed by atoms with Gasteiger partial charge in [-0.1, -0.05) is 17.7 Å². The van der Waals surface area contributed by atoms with Gasteiger partial charge >= 0.3 is 0 Å². The maximum absolute atomic E-state index is 8.53. The second-order valence-electron chi connectivity index (χ2n) is 2.74. The molecule has 13 heavy (non-hydrogen) atoms. The topological polar surface area (TPSA) is 29.5 Å². The summed E-state index contributed by atoms with van der Waals surface area (Å²) in [5, 5.41) is 9.21. The lowest BCUT2D eigenvalue weighted by atomic mass is 10.3. The van der Waals surface area contributed by atoms with Crippen LogP contribution >= 0.6 is 11.6 Å². The van der Waals surface area contributed by atoms with Gasteiger partial charge in [-0.25, -0.2) is 0 Å². The Labute approximate surface area is 83.1 Å². The molecule has 1 rings (SSSR count). The van der Waals surface area contributed by atoms with Crippen LogP contribution in [0.25, 0.3) is 0 Å². The van der Waals surface area contributed by atoms with Crippen molar-refractivity contribution in [1.29, 1.82) is 0 Å². The monoisotopic (exact) mass is 200 g/mol. The number of benzene rings is 1. The zero-order valence-corrected chi connectivity index (χ0v) is 8.13. The third-order valence-corrected chi connectivity index (χ3v) is 1.85. The average molecular weight is 201 g/mol.